The fraction of sp³-hybridized carbons (Fsp3) is 0.125. The van der Waals surface area contributed by atoms with Crippen molar-refractivity contribution in [3.8, 4) is 11.4 Å². The van der Waals surface area contributed by atoms with Gasteiger partial charge in [0.25, 0.3) is 5.91 Å². The van der Waals surface area contributed by atoms with Crippen molar-refractivity contribution >= 4 is 39.9 Å². The second kappa shape index (κ2) is 7.67. The number of rotatable bonds is 6. The maximum Gasteiger partial charge on any atom is 0.251 e. The van der Waals surface area contributed by atoms with Gasteiger partial charge in [0.15, 0.2) is 11.0 Å². The predicted octanol–water partition coefficient (Wildman–Crippen LogP) is 2.51. The topological polar surface area (TPSA) is 103 Å². The average Bonchev–Trinajstić information content (AvgIpc) is 3.20. The van der Waals surface area contributed by atoms with Gasteiger partial charge in [-0.3, -0.25) is 9.59 Å². The number of carbonyl (C=O) groups is 2. The highest BCUT2D eigenvalue weighted by Crippen LogP contribution is 2.26. The number of nitrogens with zero attached hydrogens (tertiary/aromatic N) is 3. The molecule has 0 spiro atoms. The predicted molar refractivity (Wildman–Crippen MR) is 98.6 cm³/mol. The van der Waals surface area contributed by atoms with Gasteiger partial charge in [-0.15, -0.1) is 21.5 Å². The lowest BCUT2D eigenvalue weighted by Gasteiger charge is -2.06. The van der Waals surface area contributed by atoms with Crippen LogP contribution < -0.4 is 11.1 Å². The molecule has 0 aliphatic carbocycles. The molecule has 7 nitrogen and oxygen atoms in total. The van der Waals surface area contributed by atoms with E-state index >= 15 is 0 Å². The van der Waals surface area contributed by atoms with Crippen LogP contribution in [-0.4, -0.2) is 32.3 Å². The summed E-state index contributed by atoms with van der Waals surface area (Å²) in [4.78, 5) is 23.4. The number of thiophene rings is 1. The molecule has 0 fully saturated rings. The van der Waals surface area contributed by atoms with Crippen LogP contribution in [0.5, 0.6) is 0 Å². The Hall–Kier alpha value is -2.72. The van der Waals surface area contributed by atoms with Gasteiger partial charge in [0, 0.05) is 7.05 Å². The molecule has 0 radical (unpaired) electrons. The summed E-state index contributed by atoms with van der Waals surface area (Å²) in [6.45, 7) is 0. The molecule has 0 atom stereocenters. The third kappa shape index (κ3) is 3.75. The minimum atomic E-state index is -0.600. The average molecular weight is 391 g/mol. The van der Waals surface area contributed by atoms with E-state index in [9.17, 15) is 14.0 Å². The largest absolute Gasteiger partial charge is 0.366 e. The fourth-order valence-electron chi connectivity index (χ4n) is 2.21. The number of hydrogen-bond donors (Lipinski definition) is 2. The third-order valence-electron chi connectivity index (χ3n) is 3.47. The molecule has 3 N–H and O–H groups in total. The van der Waals surface area contributed by atoms with E-state index in [2.05, 4.69) is 15.5 Å². The van der Waals surface area contributed by atoms with Gasteiger partial charge in [-0.05, 0) is 23.6 Å². The summed E-state index contributed by atoms with van der Waals surface area (Å²) in [7, 11) is 1.70. The first-order valence-electron chi connectivity index (χ1n) is 7.41. The number of hydrogen-bond acceptors (Lipinski definition) is 6. The maximum atomic E-state index is 13.9. The van der Waals surface area contributed by atoms with E-state index in [-0.39, 0.29) is 17.2 Å². The fourth-order valence-corrected chi connectivity index (χ4v) is 3.73. The number of nitrogens with two attached hydrogens (primary N) is 1. The molecular formula is C16H14FN5O2S2. The SMILES string of the molecule is Cn1c(SCC(=O)Nc2sccc2C(N)=O)nnc1-c1ccccc1F. The number of aromatic nitrogens is 3. The maximum absolute atomic E-state index is 13.9. The van der Waals surface area contributed by atoms with Crippen molar-refractivity contribution in [3.05, 3.63) is 47.1 Å². The van der Waals surface area contributed by atoms with E-state index in [4.69, 9.17) is 5.73 Å². The zero-order valence-electron chi connectivity index (χ0n) is 13.6. The highest BCUT2D eigenvalue weighted by atomic mass is 32.2. The van der Waals surface area contributed by atoms with Gasteiger partial charge < -0.3 is 15.6 Å². The number of thioether (sulfide) groups is 1. The van der Waals surface area contributed by atoms with Gasteiger partial charge in [0.05, 0.1) is 16.9 Å². The van der Waals surface area contributed by atoms with Crippen LogP contribution in [-0.2, 0) is 11.8 Å². The molecule has 0 saturated carbocycles. The Morgan fingerprint density at radius 2 is 2.08 bits per heavy atom. The van der Waals surface area contributed by atoms with Gasteiger partial charge in [-0.1, -0.05) is 23.9 Å². The number of nitrogens with one attached hydrogen (secondary N) is 1. The second-order valence-electron chi connectivity index (χ2n) is 5.21. The van der Waals surface area contributed by atoms with Crippen molar-refractivity contribution in [1.29, 1.82) is 0 Å². The molecule has 0 bridgehead atoms. The standard InChI is InChI=1S/C16H14FN5O2S2/c1-22-14(9-4-2-3-5-11(9)17)20-21-16(22)26-8-12(23)19-15-10(13(18)24)6-7-25-15/h2-7H,8H2,1H3,(H2,18,24)(H,19,23). The summed E-state index contributed by atoms with van der Waals surface area (Å²) >= 11 is 2.37. The Labute approximate surface area is 156 Å². The molecule has 0 aliphatic heterocycles. The quantitative estimate of drug-likeness (QED) is 0.629. The molecule has 2 heterocycles. The minimum Gasteiger partial charge on any atom is -0.366 e. The van der Waals surface area contributed by atoms with Crippen LogP contribution in [0.3, 0.4) is 0 Å². The van der Waals surface area contributed by atoms with Gasteiger partial charge in [0.1, 0.15) is 10.8 Å². The highest BCUT2D eigenvalue weighted by Gasteiger charge is 2.17. The lowest BCUT2D eigenvalue weighted by molar-refractivity contribution is -0.113. The van der Waals surface area contributed by atoms with E-state index in [1.165, 1.54) is 17.4 Å². The second-order valence-corrected chi connectivity index (χ2v) is 7.07. The normalized spacial score (nSPS) is 10.7. The number of halogens is 1. The molecule has 0 saturated heterocycles. The van der Waals surface area contributed by atoms with Crippen molar-refractivity contribution in [2.45, 2.75) is 5.16 Å². The molecule has 3 aromatic rings. The third-order valence-corrected chi connectivity index (χ3v) is 5.32. The molecule has 134 valence electrons. The Kier molecular flexibility index (Phi) is 5.33. The first kappa shape index (κ1) is 18.1. The van der Waals surface area contributed by atoms with Crippen molar-refractivity contribution in [2.75, 3.05) is 11.1 Å². The Bertz CT molecular complexity index is 969. The molecule has 0 aliphatic rings. The molecule has 10 heteroatoms. The molecule has 2 aromatic heterocycles. The summed E-state index contributed by atoms with van der Waals surface area (Å²) in [5, 5.41) is 13.2. The highest BCUT2D eigenvalue weighted by molar-refractivity contribution is 7.99. The lowest BCUT2D eigenvalue weighted by atomic mass is 10.2. The smallest absolute Gasteiger partial charge is 0.251 e. The molecule has 1 aromatic carbocycles. The van der Waals surface area contributed by atoms with Gasteiger partial charge >= 0.3 is 0 Å². The van der Waals surface area contributed by atoms with Gasteiger partial charge in [-0.2, -0.15) is 0 Å². The zero-order chi connectivity index (χ0) is 18.7. The van der Waals surface area contributed by atoms with E-state index in [0.29, 0.717) is 21.5 Å². The van der Waals surface area contributed by atoms with Crippen molar-refractivity contribution < 1.29 is 14.0 Å². The molecule has 3 rings (SSSR count). The number of carbonyl (C=O) groups excluding carboxylic acids is 2. The Balaban J connectivity index is 1.67. The Morgan fingerprint density at radius 3 is 2.81 bits per heavy atom. The first-order valence-corrected chi connectivity index (χ1v) is 9.28. The van der Waals surface area contributed by atoms with Crippen LogP contribution in [0.15, 0.2) is 40.9 Å². The number of anilines is 1. The van der Waals surface area contributed by atoms with Crippen LogP contribution in [0.1, 0.15) is 10.4 Å². The van der Waals surface area contributed by atoms with Crippen molar-refractivity contribution in [2.24, 2.45) is 12.8 Å². The summed E-state index contributed by atoms with van der Waals surface area (Å²) in [5.41, 5.74) is 5.86. The lowest BCUT2D eigenvalue weighted by Crippen LogP contribution is -2.18. The summed E-state index contributed by atoms with van der Waals surface area (Å²) in [5.74, 6) is -0.874. The summed E-state index contributed by atoms with van der Waals surface area (Å²) in [6.07, 6.45) is 0. The molecule has 26 heavy (non-hydrogen) atoms. The van der Waals surface area contributed by atoms with E-state index in [1.54, 1.807) is 41.3 Å². The van der Waals surface area contributed by atoms with Crippen molar-refractivity contribution in [3.63, 3.8) is 0 Å². The van der Waals surface area contributed by atoms with E-state index in [1.807, 2.05) is 0 Å². The number of amides is 2. The molecule has 2 amide bonds. The van der Waals surface area contributed by atoms with Crippen molar-refractivity contribution in [1.82, 2.24) is 14.8 Å². The first-order chi connectivity index (χ1) is 12.5. The van der Waals surface area contributed by atoms with Crippen LogP contribution in [0.2, 0.25) is 0 Å². The van der Waals surface area contributed by atoms with E-state index < -0.39 is 11.7 Å². The summed E-state index contributed by atoms with van der Waals surface area (Å²) in [6, 6.07) is 7.83. The van der Waals surface area contributed by atoms with Crippen LogP contribution >= 0.6 is 23.1 Å². The summed E-state index contributed by atoms with van der Waals surface area (Å²) < 4.78 is 15.5. The van der Waals surface area contributed by atoms with Crippen LogP contribution in [0.4, 0.5) is 9.39 Å². The van der Waals surface area contributed by atoms with Gasteiger partial charge in [-0.25, -0.2) is 4.39 Å². The monoisotopic (exact) mass is 391 g/mol. The zero-order valence-corrected chi connectivity index (χ0v) is 15.2. The molecule has 0 unspecified atom stereocenters. The van der Waals surface area contributed by atoms with Gasteiger partial charge in [0.2, 0.25) is 5.91 Å². The van der Waals surface area contributed by atoms with E-state index in [0.717, 1.165) is 11.8 Å². The molecular weight excluding hydrogens is 377 g/mol. The van der Waals surface area contributed by atoms with Crippen LogP contribution in [0, 0.1) is 5.82 Å². The van der Waals surface area contributed by atoms with Crippen LogP contribution in [0.25, 0.3) is 11.4 Å². The Morgan fingerprint density at radius 1 is 1.31 bits per heavy atom. The number of primary amides is 1. The minimum absolute atomic E-state index is 0.0549. The number of benzene rings is 1.